The van der Waals surface area contributed by atoms with Gasteiger partial charge in [-0.1, -0.05) is 13.8 Å². The summed E-state index contributed by atoms with van der Waals surface area (Å²) in [5.74, 6) is -1.85. The van der Waals surface area contributed by atoms with E-state index < -0.39 is 23.2 Å². The molecular formula is C16H25NO5. The fourth-order valence-electron chi connectivity index (χ4n) is 4.04. The van der Waals surface area contributed by atoms with Crippen LogP contribution < -0.4 is 0 Å². The van der Waals surface area contributed by atoms with Crippen LogP contribution in [0.4, 0.5) is 0 Å². The van der Waals surface area contributed by atoms with E-state index in [-0.39, 0.29) is 11.3 Å². The lowest BCUT2D eigenvalue weighted by molar-refractivity contribution is -0.142. The molecule has 124 valence electrons. The standard InChI is InChI=1S/C16H25NO5/c1-15(2)11(12(15)14(19)20)13(18)17-5-8-22-10-16(9-17)3-6-21-7-4-16/h11-12H,3-10H2,1-2H3,(H,19,20)/t11-,12+/m1/s1. The minimum Gasteiger partial charge on any atom is -0.481 e. The molecule has 1 saturated carbocycles. The molecule has 3 rings (SSSR count). The molecule has 2 saturated heterocycles. The largest absolute Gasteiger partial charge is 0.481 e. The predicted octanol–water partition coefficient (Wildman–Crippen LogP) is 0.999. The van der Waals surface area contributed by atoms with Crippen LogP contribution >= 0.6 is 0 Å². The number of aliphatic carboxylic acids is 1. The highest BCUT2D eigenvalue weighted by molar-refractivity contribution is 5.91. The van der Waals surface area contributed by atoms with E-state index in [2.05, 4.69) is 0 Å². The minimum atomic E-state index is -0.866. The van der Waals surface area contributed by atoms with Gasteiger partial charge in [0.25, 0.3) is 0 Å². The number of carboxylic acids is 1. The van der Waals surface area contributed by atoms with Crippen LogP contribution in [0.15, 0.2) is 0 Å². The molecule has 1 spiro atoms. The van der Waals surface area contributed by atoms with Gasteiger partial charge in [0.05, 0.1) is 25.0 Å². The Labute approximate surface area is 130 Å². The first kappa shape index (κ1) is 15.7. The van der Waals surface area contributed by atoms with Crippen molar-refractivity contribution in [2.45, 2.75) is 26.7 Å². The van der Waals surface area contributed by atoms with Gasteiger partial charge in [-0.2, -0.15) is 0 Å². The number of carbonyl (C=O) groups excluding carboxylic acids is 1. The zero-order valence-electron chi connectivity index (χ0n) is 13.3. The third-order valence-electron chi connectivity index (χ3n) is 5.66. The highest BCUT2D eigenvalue weighted by atomic mass is 16.5. The molecule has 0 bridgehead atoms. The second kappa shape index (κ2) is 5.49. The van der Waals surface area contributed by atoms with Gasteiger partial charge in [-0.15, -0.1) is 0 Å². The molecule has 6 heteroatoms. The van der Waals surface area contributed by atoms with Crippen molar-refractivity contribution in [1.29, 1.82) is 0 Å². The molecule has 1 aliphatic carbocycles. The van der Waals surface area contributed by atoms with Gasteiger partial charge in [-0.25, -0.2) is 0 Å². The number of rotatable bonds is 2. The van der Waals surface area contributed by atoms with E-state index in [0.717, 1.165) is 12.8 Å². The Balaban J connectivity index is 1.73. The number of amides is 1. The molecule has 1 N–H and O–H groups in total. The smallest absolute Gasteiger partial charge is 0.307 e. The first-order chi connectivity index (χ1) is 10.4. The lowest BCUT2D eigenvalue weighted by atomic mass is 9.80. The summed E-state index contributed by atoms with van der Waals surface area (Å²) >= 11 is 0. The lowest BCUT2D eigenvalue weighted by Crippen LogP contribution is -2.45. The van der Waals surface area contributed by atoms with Crippen molar-refractivity contribution < 1.29 is 24.2 Å². The van der Waals surface area contributed by atoms with Crippen molar-refractivity contribution in [1.82, 2.24) is 4.90 Å². The normalized spacial score (nSPS) is 33.3. The van der Waals surface area contributed by atoms with E-state index in [9.17, 15) is 14.7 Å². The van der Waals surface area contributed by atoms with Gasteiger partial charge in [0.15, 0.2) is 0 Å². The van der Waals surface area contributed by atoms with E-state index in [4.69, 9.17) is 9.47 Å². The van der Waals surface area contributed by atoms with Gasteiger partial charge < -0.3 is 19.5 Å². The monoisotopic (exact) mass is 311 g/mol. The van der Waals surface area contributed by atoms with Crippen LogP contribution in [0, 0.1) is 22.7 Å². The van der Waals surface area contributed by atoms with Gasteiger partial charge in [0.2, 0.25) is 5.91 Å². The minimum absolute atomic E-state index is 0.0197. The molecule has 0 aromatic rings. The maximum Gasteiger partial charge on any atom is 0.307 e. The van der Waals surface area contributed by atoms with Crippen molar-refractivity contribution in [3.05, 3.63) is 0 Å². The molecule has 2 aliphatic heterocycles. The number of hydrogen-bond donors (Lipinski definition) is 1. The first-order valence-electron chi connectivity index (χ1n) is 8.04. The molecule has 0 aromatic heterocycles. The molecule has 3 aliphatic rings. The van der Waals surface area contributed by atoms with Crippen LogP contribution in [0.25, 0.3) is 0 Å². The lowest BCUT2D eigenvalue weighted by Gasteiger charge is -2.38. The Bertz CT molecular complexity index is 469. The summed E-state index contributed by atoms with van der Waals surface area (Å²) in [6, 6.07) is 0. The molecule has 3 fully saturated rings. The molecule has 0 aromatic carbocycles. The van der Waals surface area contributed by atoms with Gasteiger partial charge >= 0.3 is 5.97 Å². The van der Waals surface area contributed by atoms with E-state index in [0.29, 0.717) is 39.5 Å². The Hall–Kier alpha value is -1.14. The van der Waals surface area contributed by atoms with Gasteiger partial charge in [-0.3, -0.25) is 9.59 Å². The summed E-state index contributed by atoms with van der Waals surface area (Å²) < 4.78 is 11.2. The topological polar surface area (TPSA) is 76.1 Å². The average Bonchev–Trinajstić information content (AvgIpc) is 3.11. The predicted molar refractivity (Wildman–Crippen MR) is 78.3 cm³/mol. The summed E-state index contributed by atoms with van der Waals surface area (Å²) in [5, 5.41) is 9.29. The fourth-order valence-corrected chi connectivity index (χ4v) is 4.04. The fraction of sp³-hybridized carbons (Fsp3) is 0.875. The summed E-state index contributed by atoms with van der Waals surface area (Å²) in [7, 11) is 0. The number of ether oxygens (including phenoxy) is 2. The van der Waals surface area contributed by atoms with Crippen LogP contribution in [0.5, 0.6) is 0 Å². The van der Waals surface area contributed by atoms with E-state index >= 15 is 0 Å². The molecule has 2 heterocycles. The Kier molecular flexibility index (Phi) is 3.93. The van der Waals surface area contributed by atoms with Crippen LogP contribution in [0.2, 0.25) is 0 Å². The van der Waals surface area contributed by atoms with E-state index in [1.165, 1.54) is 0 Å². The molecule has 2 atom stereocenters. The molecule has 0 radical (unpaired) electrons. The number of hydrogen-bond acceptors (Lipinski definition) is 4. The quantitative estimate of drug-likeness (QED) is 0.823. The summed E-state index contributed by atoms with van der Waals surface area (Å²) in [4.78, 5) is 26.0. The second-order valence-electron chi connectivity index (χ2n) is 7.54. The average molecular weight is 311 g/mol. The van der Waals surface area contributed by atoms with Crippen molar-refractivity contribution in [2.75, 3.05) is 39.5 Å². The Morgan fingerprint density at radius 1 is 1.09 bits per heavy atom. The van der Waals surface area contributed by atoms with Gasteiger partial charge in [0.1, 0.15) is 0 Å². The number of nitrogens with zero attached hydrogens (tertiary/aromatic N) is 1. The summed E-state index contributed by atoms with van der Waals surface area (Å²) in [6.45, 7) is 7.56. The highest BCUT2D eigenvalue weighted by Gasteiger charge is 2.66. The first-order valence-corrected chi connectivity index (χ1v) is 8.04. The number of carbonyl (C=O) groups is 2. The summed E-state index contributed by atoms with van der Waals surface area (Å²) in [5.41, 5.74) is -0.471. The van der Waals surface area contributed by atoms with Gasteiger partial charge in [-0.05, 0) is 18.3 Å². The van der Waals surface area contributed by atoms with Crippen molar-refractivity contribution in [3.8, 4) is 0 Å². The highest BCUT2D eigenvalue weighted by Crippen LogP contribution is 2.59. The zero-order valence-corrected chi connectivity index (χ0v) is 13.3. The maximum absolute atomic E-state index is 12.8. The van der Waals surface area contributed by atoms with Crippen LogP contribution in [0.3, 0.4) is 0 Å². The SMILES string of the molecule is CC1(C)[C@H](C(=O)O)[C@@H]1C(=O)N1CCOCC2(CCOCC2)C1. The van der Waals surface area contributed by atoms with Crippen LogP contribution in [-0.4, -0.2) is 61.4 Å². The summed E-state index contributed by atoms with van der Waals surface area (Å²) in [6.07, 6.45) is 1.79. The molecule has 22 heavy (non-hydrogen) atoms. The molecule has 6 nitrogen and oxygen atoms in total. The molecule has 0 unspecified atom stereocenters. The zero-order chi connectivity index (χ0) is 16.0. The van der Waals surface area contributed by atoms with Crippen molar-refractivity contribution in [2.24, 2.45) is 22.7 Å². The van der Waals surface area contributed by atoms with E-state index in [1.54, 1.807) is 0 Å². The Morgan fingerprint density at radius 2 is 1.77 bits per heavy atom. The van der Waals surface area contributed by atoms with Crippen LogP contribution in [0.1, 0.15) is 26.7 Å². The maximum atomic E-state index is 12.8. The third kappa shape index (κ3) is 2.63. The van der Waals surface area contributed by atoms with E-state index in [1.807, 2.05) is 18.7 Å². The third-order valence-corrected chi connectivity index (χ3v) is 5.66. The van der Waals surface area contributed by atoms with Crippen molar-refractivity contribution in [3.63, 3.8) is 0 Å². The van der Waals surface area contributed by atoms with Gasteiger partial charge in [0, 0.05) is 31.7 Å². The van der Waals surface area contributed by atoms with Crippen molar-refractivity contribution >= 4 is 11.9 Å². The van der Waals surface area contributed by atoms with Crippen LogP contribution in [-0.2, 0) is 19.1 Å². The Morgan fingerprint density at radius 3 is 2.36 bits per heavy atom. The molecular weight excluding hydrogens is 286 g/mol. The number of carboxylic acid groups (broad SMARTS) is 1. The molecule has 1 amide bonds. The second-order valence-corrected chi connectivity index (χ2v) is 7.54.